The summed E-state index contributed by atoms with van der Waals surface area (Å²) >= 11 is 0. The summed E-state index contributed by atoms with van der Waals surface area (Å²) in [6.07, 6.45) is 2.84. The lowest BCUT2D eigenvalue weighted by molar-refractivity contribution is -0.138. The van der Waals surface area contributed by atoms with Crippen LogP contribution in [0.2, 0.25) is 0 Å². The van der Waals surface area contributed by atoms with Crippen LogP contribution >= 0.6 is 0 Å². The third kappa shape index (κ3) is 4.07. The van der Waals surface area contributed by atoms with Crippen molar-refractivity contribution >= 4 is 23.0 Å². The summed E-state index contributed by atoms with van der Waals surface area (Å²) in [4.78, 5) is 23.9. The molecule has 1 N–H and O–H groups in total. The van der Waals surface area contributed by atoms with Gasteiger partial charge in [0.1, 0.15) is 31.2 Å². The summed E-state index contributed by atoms with van der Waals surface area (Å²) < 4.78 is 26.7. The number of methoxy groups -OCH3 is 1. The zero-order valence-corrected chi connectivity index (χ0v) is 16.0. The van der Waals surface area contributed by atoms with E-state index in [0.717, 1.165) is 0 Å². The minimum Gasteiger partial charge on any atom is -0.508 e. The van der Waals surface area contributed by atoms with Crippen LogP contribution in [0, 0.1) is 0 Å². The molecule has 0 spiro atoms. The van der Waals surface area contributed by atoms with E-state index in [-0.39, 0.29) is 17.9 Å². The van der Waals surface area contributed by atoms with Gasteiger partial charge in [-0.2, -0.15) is 0 Å². The SMILES string of the molecule is COc1cc(/C=C/C(=O)OCc2cc(=O)oc3cc(O)ccc23)cc2c1OCCO2. The summed E-state index contributed by atoms with van der Waals surface area (Å²) in [6.45, 7) is 0.750. The van der Waals surface area contributed by atoms with Crippen molar-refractivity contribution in [3.63, 3.8) is 0 Å². The standard InChI is InChI=1S/C22H18O8/c1-26-18-8-13(9-19-22(18)28-7-6-27-19)2-5-20(24)29-12-14-10-21(25)30-17-11-15(23)3-4-16(14)17/h2-5,8-11,23H,6-7,12H2,1H3/b5-2+. The molecule has 0 unspecified atom stereocenters. The lowest BCUT2D eigenvalue weighted by atomic mass is 10.1. The molecular formula is C22H18O8. The maximum Gasteiger partial charge on any atom is 0.336 e. The second kappa shape index (κ2) is 8.20. The van der Waals surface area contributed by atoms with Gasteiger partial charge in [-0.3, -0.25) is 0 Å². The highest BCUT2D eigenvalue weighted by atomic mass is 16.6. The zero-order chi connectivity index (χ0) is 21.1. The molecule has 0 amide bonds. The van der Waals surface area contributed by atoms with Crippen molar-refractivity contribution in [1.82, 2.24) is 0 Å². The van der Waals surface area contributed by atoms with E-state index in [1.165, 1.54) is 31.4 Å². The fraction of sp³-hybridized carbons (Fsp3) is 0.182. The Morgan fingerprint density at radius 3 is 2.83 bits per heavy atom. The Morgan fingerprint density at radius 1 is 1.17 bits per heavy atom. The molecule has 0 saturated carbocycles. The van der Waals surface area contributed by atoms with E-state index < -0.39 is 11.6 Å². The van der Waals surface area contributed by atoms with E-state index in [1.54, 1.807) is 24.3 Å². The number of hydrogen-bond donors (Lipinski definition) is 1. The lowest BCUT2D eigenvalue weighted by Crippen LogP contribution is -2.16. The van der Waals surface area contributed by atoms with Crippen LogP contribution in [0.15, 0.2) is 51.7 Å². The van der Waals surface area contributed by atoms with Crippen LogP contribution in [0.4, 0.5) is 0 Å². The maximum absolute atomic E-state index is 12.2. The summed E-state index contributed by atoms with van der Waals surface area (Å²) in [5, 5.41) is 10.1. The number of rotatable bonds is 5. The highest BCUT2D eigenvalue weighted by molar-refractivity contribution is 5.88. The molecule has 0 aliphatic carbocycles. The van der Waals surface area contributed by atoms with Crippen molar-refractivity contribution in [2.45, 2.75) is 6.61 Å². The number of esters is 1. The number of phenols is 1. The molecule has 30 heavy (non-hydrogen) atoms. The molecule has 0 fully saturated rings. The Morgan fingerprint density at radius 2 is 2.00 bits per heavy atom. The molecule has 3 aromatic rings. The van der Waals surface area contributed by atoms with Gasteiger partial charge in [0.15, 0.2) is 11.5 Å². The Balaban J connectivity index is 1.49. The first-order chi connectivity index (χ1) is 14.5. The number of ether oxygens (including phenoxy) is 4. The van der Waals surface area contributed by atoms with Crippen LogP contribution in [0.3, 0.4) is 0 Å². The quantitative estimate of drug-likeness (QED) is 0.389. The van der Waals surface area contributed by atoms with Gasteiger partial charge in [0.25, 0.3) is 0 Å². The fourth-order valence-corrected chi connectivity index (χ4v) is 3.09. The second-order valence-electron chi connectivity index (χ2n) is 6.46. The Labute approximate surface area is 170 Å². The molecule has 0 atom stereocenters. The van der Waals surface area contributed by atoms with Crippen LogP contribution in [-0.4, -0.2) is 31.4 Å². The molecule has 0 saturated heterocycles. The predicted octanol–water partition coefficient (Wildman–Crippen LogP) is 3.04. The number of carbonyl (C=O) groups excluding carboxylic acids is 1. The summed E-state index contributed by atoms with van der Waals surface area (Å²) in [5.74, 6) is 0.955. The number of aromatic hydroxyl groups is 1. The first kappa shape index (κ1) is 19.4. The summed E-state index contributed by atoms with van der Waals surface area (Å²) in [6, 6.07) is 9.10. The van der Waals surface area contributed by atoms with Gasteiger partial charge in [0, 0.05) is 29.2 Å². The molecule has 8 nitrogen and oxygen atoms in total. The molecule has 2 aromatic carbocycles. The van der Waals surface area contributed by atoms with Crippen LogP contribution < -0.4 is 19.8 Å². The highest BCUT2D eigenvalue weighted by Gasteiger charge is 2.18. The van der Waals surface area contributed by atoms with Gasteiger partial charge in [0.05, 0.1) is 7.11 Å². The second-order valence-corrected chi connectivity index (χ2v) is 6.46. The summed E-state index contributed by atoms with van der Waals surface area (Å²) in [5.41, 5.74) is 0.767. The van der Waals surface area contributed by atoms with Crippen LogP contribution in [-0.2, 0) is 16.1 Å². The van der Waals surface area contributed by atoms with Crippen LogP contribution in [0.25, 0.3) is 17.0 Å². The molecule has 154 valence electrons. The normalized spacial score (nSPS) is 12.8. The van der Waals surface area contributed by atoms with Crippen LogP contribution in [0.5, 0.6) is 23.0 Å². The van der Waals surface area contributed by atoms with E-state index in [0.29, 0.717) is 47.0 Å². The summed E-state index contributed by atoms with van der Waals surface area (Å²) in [7, 11) is 1.52. The average molecular weight is 410 g/mol. The molecular weight excluding hydrogens is 392 g/mol. The molecule has 1 aromatic heterocycles. The Hall–Kier alpha value is -3.94. The molecule has 0 radical (unpaired) electrons. The molecule has 0 bridgehead atoms. The van der Waals surface area contributed by atoms with Crippen molar-refractivity contribution < 1.29 is 33.3 Å². The Kier molecular flexibility index (Phi) is 5.30. The molecule has 1 aliphatic heterocycles. The van der Waals surface area contributed by atoms with Crippen LogP contribution in [0.1, 0.15) is 11.1 Å². The molecule has 1 aliphatic rings. The first-order valence-electron chi connectivity index (χ1n) is 9.12. The van der Waals surface area contributed by atoms with Crippen molar-refractivity contribution in [2.75, 3.05) is 20.3 Å². The van der Waals surface area contributed by atoms with Gasteiger partial charge in [0.2, 0.25) is 5.75 Å². The topological polar surface area (TPSA) is 104 Å². The van der Waals surface area contributed by atoms with Gasteiger partial charge in [-0.15, -0.1) is 0 Å². The van der Waals surface area contributed by atoms with E-state index in [9.17, 15) is 14.7 Å². The van der Waals surface area contributed by atoms with Gasteiger partial charge in [-0.1, -0.05) is 0 Å². The fourth-order valence-electron chi connectivity index (χ4n) is 3.09. The first-order valence-corrected chi connectivity index (χ1v) is 9.12. The van der Waals surface area contributed by atoms with E-state index >= 15 is 0 Å². The maximum atomic E-state index is 12.2. The zero-order valence-electron chi connectivity index (χ0n) is 16.0. The number of fused-ring (bicyclic) bond motifs is 2. The predicted molar refractivity (Wildman–Crippen MR) is 107 cm³/mol. The van der Waals surface area contributed by atoms with Gasteiger partial charge >= 0.3 is 11.6 Å². The van der Waals surface area contributed by atoms with Crippen molar-refractivity contribution in [3.05, 3.63) is 64.0 Å². The Bertz CT molecular complexity index is 1170. The van der Waals surface area contributed by atoms with Crippen molar-refractivity contribution in [2.24, 2.45) is 0 Å². The number of carbonyl (C=O) groups is 1. The van der Waals surface area contributed by atoms with E-state index in [4.69, 9.17) is 23.4 Å². The van der Waals surface area contributed by atoms with Gasteiger partial charge in [-0.25, -0.2) is 9.59 Å². The van der Waals surface area contributed by atoms with Gasteiger partial charge in [-0.05, 0) is 35.9 Å². The van der Waals surface area contributed by atoms with Gasteiger partial charge < -0.3 is 28.5 Å². The van der Waals surface area contributed by atoms with E-state index in [1.807, 2.05) is 0 Å². The number of phenolic OH excluding ortho intramolecular Hbond substituents is 1. The molecule has 2 heterocycles. The molecule has 8 heteroatoms. The smallest absolute Gasteiger partial charge is 0.336 e. The van der Waals surface area contributed by atoms with Crippen molar-refractivity contribution in [1.29, 1.82) is 0 Å². The third-order valence-corrected chi connectivity index (χ3v) is 4.45. The number of benzene rings is 2. The minimum absolute atomic E-state index is 0.0300. The largest absolute Gasteiger partial charge is 0.508 e. The minimum atomic E-state index is -0.599. The van der Waals surface area contributed by atoms with Crippen molar-refractivity contribution in [3.8, 4) is 23.0 Å². The highest BCUT2D eigenvalue weighted by Crippen LogP contribution is 2.40. The monoisotopic (exact) mass is 410 g/mol. The van der Waals surface area contributed by atoms with E-state index in [2.05, 4.69) is 0 Å². The lowest BCUT2D eigenvalue weighted by Gasteiger charge is -2.20. The average Bonchev–Trinajstić information content (AvgIpc) is 2.74. The number of hydrogen-bond acceptors (Lipinski definition) is 8. The molecule has 4 rings (SSSR count). The third-order valence-electron chi connectivity index (χ3n) is 4.45.